The number of fused-ring (bicyclic) bond motifs is 1. The van der Waals surface area contributed by atoms with Crippen LogP contribution in [0.15, 0.2) is 72.1 Å². The van der Waals surface area contributed by atoms with Gasteiger partial charge in [0.05, 0.1) is 0 Å². The van der Waals surface area contributed by atoms with Crippen molar-refractivity contribution in [1.82, 2.24) is 9.72 Å². The third-order valence-electron chi connectivity index (χ3n) is 3.20. The Labute approximate surface area is 134 Å². The molecule has 21 heavy (non-hydrogen) atoms. The Balaban J connectivity index is 1.83. The summed E-state index contributed by atoms with van der Waals surface area (Å²) in [6, 6.07) is 10.1. The van der Waals surface area contributed by atoms with Gasteiger partial charge in [0.25, 0.3) is 0 Å². The number of para-hydroxylation sites is 1. The molecule has 0 unspecified atom stereocenters. The molecule has 1 aromatic carbocycles. The molecule has 2 aromatic heterocycles. The number of hydrogen-bond acceptors (Lipinski definition) is 2. The molecule has 0 aliphatic rings. The molecule has 3 aromatic rings. The maximum atomic E-state index is 5.34. The summed E-state index contributed by atoms with van der Waals surface area (Å²) in [5.41, 5.74) is 3.02. The Hall–Kier alpha value is -1.99. The Kier molecular flexibility index (Phi) is 4.12. The van der Waals surface area contributed by atoms with E-state index in [1.54, 1.807) is 6.08 Å². The Morgan fingerprint density at radius 3 is 3.05 bits per heavy atom. The molecule has 0 aliphatic carbocycles. The van der Waals surface area contributed by atoms with Gasteiger partial charge in [-0.1, -0.05) is 0 Å². The van der Waals surface area contributed by atoms with E-state index < -0.39 is 0 Å². The van der Waals surface area contributed by atoms with Crippen molar-refractivity contribution in [3.05, 3.63) is 78.8 Å². The molecule has 0 radical (unpaired) electrons. The molecule has 4 heteroatoms. The number of hydrogen-bond donors (Lipinski definition) is 0. The fraction of sp³-hybridized carbons (Fsp3) is 0.0588. The van der Waals surface area contributed by atoms with Crippen LogP contribution in [0.2, 0.25) is 0 Å². The first-order valence-corrected chi connectivity index (χ1v) is 8.07. The van der Waals surface area contributed by atoms with E-state index in [9.17, 15) is 0 Å². The van der Waals surface area contributed by atoms with Gasteiger partial charge in [-0.2, -0.15) is 0 Å². The van der Waals surface area contributed by atoms with Crippen LogP contribution in [0.3, 0.4) is 0 Å². The summed E-state index contributed by atoms with van der Waals surface area (Å²) in [6.45, 7) is 4.41. The van der Waals surface area contributed by atoms with E-state index in [0.717, 1.165) is 16.7 Å². The number of aromatic nitrogens is 2. The SMILES string of the molecule is C=C/C=C\[C](=[W])c1ccn(Cc2noc3ccccc23)c1. The molecule has 0 saturated carbocycles. The summed E-state index contributed by atoms with van der Waals surface area (Å²) in [5, 5.41) is 5.24. The quantitative estimate of drug-likeness (QED) is 0.563. The molecule has 0 spiro atoms. The molecule has 0 aliphatic heterocycles. The number of benzene rings is 1. The van der Waals surface area contributed by atoms with Crippen molar-refractivity contribution in [3.8, 4) is 0 Å². The molecule has 0 amide bonds. The van der Waals surface area contributed by atoms with Crippen molar-refractivity contribution in [2.75, 3.05) is 0 Å². The van der Waals surface area contributed by atoms with Crippen LogP contribution in [0, 0.1) is 0 Å². The van der Waals surface area contributed by atoms with Crippen LogP contribution in [0.4, 0.5) is 0 Å². The molecular formula is C17H14N2OW. The van der Waals surface area contributed by atoms with Gasteiger partial charge in [0, 0.05) is 0 Å². The van der Waals surface area contributed by atoms with Crippen molar-refractivity contribution in [2.45, 2.75) is 6.54 Å². The predicted molar refractivity (Wildman–Crippen MR) is 81.0 cm³/mol. The first-order chi connectivity index (χ1) is 10.3. The van der Waals surface area contributed by atoms with E-state index in [0.29, 0.717) is 6.54 Å². The van der Waals surface area contributed by atoms with E-state index in [-0.39, 0.29) is 0 Å². The molecule has 3 nitrogen and oxygen atoms in total. The molecule has 0 saturated heterocycles. The van der Waals surface area contributed by atoms with Crippen LogP contribution in [-0.2, 0) is 25.9 Å². The molecule has 0 N–H and O–H groups in total. The van der Waals surface area contributed by atoms with Crippen LogP contribution in [-0.4, -0.2) is 13.6 Å². The van der Waals surface area contributed by atoms with E-state index in [1.165, 1.54) is 28.8 Å². The maximum absolute atomic E-state index is 5.34. The summed E-state index contributed by atoms with van der Waals surface area (Å²) < 4.78 is 8.76. The second kappa shape index (κ2) is 6.19. The number of rotatable bonds is 5. The average Bonchev–Trinajstić information content (AvgIpc) is 3.13. The van der Waals surface area contributed by atoms with Gasteiger partial charge < -0.3 is 0 Å². The second-order valence-corrected chi connectivity index (χ2v) is 6.24. The van der Waals surface area contributed by atoms with Gasteiger partial charge in [-0.05, 0) is 0 Å². The topological polar surface area (TPSA) is 31.0 Å². The predicted octanol–water partition coefficient (Wildman–Crippen LogP) is 3.49. The van der Waals surface area contributed by atoms with Crippen molar-refractivity contribution in [3.63, 3.8) is 0 Å². The summed E-state index contributed by atoms with van der Waals surface area (Å²) in [4.78, 5) is 0. The Morgan fingerprint density at radius 2 is 2.19 bits per heavy atom. The monoisotopic (exact) mass is 446 g/mol. The van der Waals surface area contributed by atoms with Crippen molar-refractivity contribution in [1.29, 1.82) is 0 Å². The fourth-order valence-corrected chi connectivity index (χ4v) is 2.88. The van der Waals surface area contributed by atoms with Gasteiger partial charge in [0.2, 0.25) is 0 Å². The third-order valence-corrected chi connectivity index (χ3v) is 4.54. The zero-order valence-corrected chi connectivity index (χ0v) is 14.3. The number of nitrogens with zero attached hydrogens (tertiary/aromatic N) is 2. The van der Waals surface area contributed by atoms with Crippen molar-refractivity contribution < 1.29 is 23.9 Å². The van der Waals surface area contributed by atoms with Gasteiger partial charge >= 0.3 is 134 Å². The van der Waals surface area contributed by atoms with Crippen molar-refractivity contribution in [2.24, 2.45) is 0 Å². The number of allylic oxidation sites excluding steroid dienone is 3. The van der Waals surface area contributed by atoms with Crippen LogP contribution in [0.5, 0.6) is 0 Å². The molecule has 0 bridgehead atoms. The van der Waals surface area contributed by atoms with Gasteiger partial charge in [0.1, 0.15) is 0 Å². The van der Waals surface area contributed by atoms with Gasteiger partial charge in [-0.25, -0.2) is 0 Å². The standard InChI is InChI=1S/C17H14N2O.W/c1-2-3-4-7-14-10-11-19(12-14)13-16-15-8-5-6-9-17(15)20-18-16;/h2-6,8-12H,1,13H2;/b4-3-;. The zero-order chi connectivity index (χ0) is 14.7. The van der Waals surface area contributed by atoms with Gasteiger partial charge in [0.15, 0.2) is 0 Å². The van der Waals surface area contributed by atoms with Crippen LogP contribution >= 0.6 is 0 Å². The molecule has 2 heterocycles. The van der Waals surface area contributed by atoms with Crippen LogP contribution in [0.25, 0.3) is 11.0 Å². The van der Waals surface area contributed by atoms with E-state index >= 15 is 0 Å². The summed E-state index contributed by atoms with van der Waals surface area (Å²) in [5.74, 6) is 0. The normalized spacial score (nSPS) is 11.2. The van der Waals surface area contributed by atoms with Crippen LogP contribution < -0.4 is 0 Å². The minimum atomic E-state index is 0.713. The Bertz CT molecular complexity index is 826. The minimum absolute atomic E-state index is 0.713. The third kappa shape index (κ3) is 3.03. The first kappa shape index (κ1) is 14.0. The molecule has 0 atom stereocenters. The van der Waals surface area contributed by atoms with E-state index in [2.05, 4.69) is 40.8 Å². The Morgan fingerprint density at radius 1 is 1.33 bits per heavy atom. The average molecular weight is 446 g/mol. The summed E-state index contributed by atoms with van der Waals surface area (Å²) >= 11 is 1.44. The molecular weight excluding hydrogens is 432 g/mol. The zero-order valence-electron chi connectivity index (χ0n) is 11.4. The van der Waals surface area contributed by atoms with Gasteiger partial charge in [-0.3, -0.25) is 0 Å². The molecule has 3 rings (SSSR count). The summed E-state index contributed by atoms with van der Waals surface area (Å²) in [6.07, 6.45) is 10.1. The first-order valence-electron chi connectivity index (χ1n) is 6.60. The van der Waals surface area contributed by atoms with E-state index in [1.807, 2.05) is 30.3 Å². The van der Waals surface area contributed by atoms with E-state index in [4.69, 9.17) is 4.52 Å². The van der Waals surface area contributed by atoms with Gasteiger partial charge in [-0.15, -0.1) is 0 Å². The fourth-order valence-electron chi connectivity index (χ4n) is 2.16. The summed E-state index contributed by atoms with van der Waals surface area (Å²) in [7, 11) is 0. The molecule has 104 valence electrons. The molecule has 0 fully saturated rings. The second-order valence-electron chi connectivity index (χ2n) is 4.66. The van der Waals surface area contributed by atoms with Crippen LogP contribution in [0.1, 0.15) is 11.3 Å². The van der Waals surface area contributed by atoms with Crippen molar-refractivity contribution >= 4 is 14.9 Å².